The highest BCUT2D eigenvalue weighted by atomic mass is 32.2. The number of hydrogen-bond donors (Lipinski definition) is 1. The van der Waals surface area contributed by atoms with Gasteiger partial charge in [-0.25, -0.2) is 9.97 Å². The average molecular weight is 237 g/mol. The number of thioether (sulfide) groups is 1. The lowest BCUT2D eigenvalue weighted by molar-refractivity contribution is 0.867. The van der Waals surface area contributed by atoms with Gasteiger partial charge in [0.15, 0.2) is 0 Å². The van der Waals surface area contributed by atoms with Crippen molar-refractivity contribution in [2.45, 2.75) is 37.4 Å². The Kier molecular flexibility index (Phi) is 3.69. The Hall–Kier alpha value is -0.770. The van der Waals surface area contributed by atoms with Crippen molar-refractivity contribution in [1.82, 2.24) is 9.97 Å². The normalized spacial score (nSPS) is 17.1. The number of nitrogens with one attached hydrogen (secondary N) is 1. The Morgan fingerprint density at radius 1 is 1.44 bits per heavy atom. The lowest BCUT2D eigenvalue weighted by Crippen LogP contribution is -2.18. The first kappa shape index (κ1) is 11.7. The van der Waals surface area contributed by atoms with Crippen LogP contribution >= 0.6 is 11.8 Å². The zero-order chi connectivity index (χ0) is 11.4. The van der Waals surface area contributed by atoms with Crippen molar-refractivity contribution in [3.8, 4) is 0 Å². The van der Waals surface area contributed by atoms with E-state index in [0.29, 0.717) is 4.75 Å². The van der Waals surface area contributed by atoms with Crippen LogP contribution in [0.1, 0.15) is 31.9 Å². The molecule has 3 nitrogen and oxygen atoms in total. The van der Waals surface area contributed by atoms with Gasteiger partial charge in [-0.3, -0.25) is 0 Å². The average Bonchev–Trinajstić information content (AvgIpc) is 3.08. The molecule has 0 radical (unpaired) electrons. The lowest BCUT2D eigenvalue weighted by Gasteiger charge is -2.13. The van der Waals surface area contributed by atoms with E-state index in [9.17, 15) is 0 Å². The molecule has 1 N–H and O–H groups in total. The maximum atomic E-state index is 4.26. The Labute approximate surface area is 101 Å². The fourth-order valence-corrected chi connectivity index (χ4v) is 2.46. The molecule has 0 spiro atoms. The van der Waals surface area contributed by atoms with Gasteiger partial charge in [0.2, 0.25) is 0 Å². The van der Waals surface area contributed by atoms with E-state index in [-0.39, 0.29) is 0 Å². The molecule has 0 amide bonds. The summed E-state index contributed by atoms with van der Waals surface area (Å²) in [6, 6.07) is 2.07. The van der Waals surface area contributed by atoms with E-state index < -0.39 is 0 Å². The molecule has 0 aromatic carbocycles. The predicted octanol–water partition coefficient (Wildman–Crippen LogP) is 2.74. The van der Waals surface area contributed by atoms with Crippen molar-refractivity contribution < 1.29 is 0 Å². The van der Waals surface area contributed by atoms with Crippen LogP contribution in [0.4, 0.5) is 5.82 Å². The molecule has 1 aliphatic rings. The Bertz CT molecular complexity index is 350. The standard InChI is InChI=1S/C12H19N3S/c1-3-4-10-7-11(15-9-14-10)13-8-12(16-2)5-6-12/h7,9H,3-6,8H2,1-2H3,(H,13,14,15). The van der Waals surface area contributed by atoms with E-state index in [1.54, 1.807) is 6.33 Å². The van der Waals surface area contributed by atoms with Gasteiger partial charge < -0.3 is 5.32 Å². The first-order valence-electron chi connectivity index (χ1n) is 5.88. The van der Waals surface area contributed by atoms with Crippen LogP contribution in [0, 0.1) is 0 Å². The topological polar surface area (TPSA) is 37.8 Å². The summed E-state index contributed by atoms with van der Waals surface area (Å²) < 4.78 is 0.482. The van der Waals surface area contributed by atoms with E-state index >= 15 is 0 Å². The third-order valence-electron chi connectivity index (χ3n) is 3.06. The van der Waals surface area contributed by atoms with E-state index in [1.165, 1.54) is 12.8 Å². The minimum Gasteiger partial charge on any atom is -0.369 e. The van der Waals surface area contributed by atoms with Crippen molar-refractivity contribution in [1.29, 1.82) is 0 Å². The molecule has 1 aromatic rings. The van der Waals surface area contributed by atoms with Crippen molar-refractivity contribution in [2.75, 3.05) is 18.1 Å². The molecule has 16 heavy (non-hydrogen) atoms. The van der Waals surface area contributed by atoms with Crippen LogP contribution in [0.15, 0.2) is 12.4 Å². The fourth-order valence-electron chi connectivity index (χ4n) is 1.73. The molecule has 1 aromatic heterocycles. The van der Waals surface area contributed by atoms with Gasteiger partial charge in [0, 0.05) is 23.1 Å². The summed E-state index contributed by atoms with van der Waals surface area (Å²) in [7, 11) is 0. The number of aryl methyl sites for hydroxylation is 1. The second kappa shape index (κ2) is 5.04. The monoisotopic (exact) mass is 237 g/mol. The van der Waals surface area contributed by atoms with Gasteiger partial charge in [0.1, 0.15) is 12.1 Å². The van der Waals surface area contributed by atoms with Gasteiger partial charge in [0.05, 0.1) is 0 Å². The number of anilines is 1. The largest absolute Gasteiger partial charge is 0.369 e. The van der Waals surface area contributed by atoms with Gasteiger partial charge in [-0.15, -0.1) is 0 Å². The fraction of sp³-hybridized carbons (Fsp3) is 0.667. The van der Waals surface area contributed by atoms with Crippen LogP contribution in [0.2, 0.25) is 0 Å². The van der Waals surface area contributed by atoms with Crippen LogP contribution in [0.5, 0.6) is 0 Å². The van der Waals surface area contributed by atoms with Crippen molar-refractivity contribution in [2.24, 2.45) is 0 Å². The van der Waals surface area contributed by atoms with Crippen molar-refractivity contribution in [3.63, 3.8) is 0 Å². The molecule has 0 unspecified atom stereocenters. The first-order chi connectivity index (χ1) is 7.78. The molecule has 2 rings (SSSR count). The van der Waals surface area contributed by atoms with E-state index in [2.05, 4.69) is 34.5 Å². The molecule has 0 bridgehead atoms. The molecule has 0 aliphatic heterocycles. The molecule has 1 fully saturated rings. The van der Waals surface area contributed by atoms with Crippen LogP contribution in [-0.4, -0.2) is 27.5 Å². The molecule has 1 heterocycles. The second-order valence-electron chi connectivity index (χ2n) is 4.39. The first-order valence-corrected chi connectivity index (χ1v) is 7.10. The van der Waals surface area contributed by atoms with E-state index in [1.807, 2.05) is 11.8 Å². The van der Waals surface area contributed by atoms with Gasteiger partial charge in [0.25, 0.3) is 0 Å². The van der Waals surface area contributed by atoms with Crippen LogP contribution in [0.25, 0.3) is 0 Å². The molecular formula is C12H19N3S. The van der Waals surface area contributed by atoms with E-state index in [0.717, 1.165) is 30.9 Å². The van der Waals surface area contributed by atoms with Crippen molar-refractivity contribution in [3.05, 3.63) is 18.1 Å². The summed E-state index contributed by atoms with van der Waals surface area (Å²) in [5, 5.41) is 3.43. The minimum absolute atomic E-state index is 0.482. The predicted molar refractivity (Wildman–Crippen MR) is 70.0 cm³/mol. The van der Waals surface area contributed by atoms with E-state index in [4.69, 9.17) is 0 Å². The Morgan fingerprint density at radius 2 is 2.25 bits per heavy atom. The van der Waals surface area contributed by atoms with Crippen LogP contribution < -0.4 is 5.32 Å². The molecule has 1 aliphatic carbocycles. The third-order valence-corrected chi connectivity index (χ3v) is 4.48. The summed E-state index contributed by atoms with van der Waals surface area (Å²) >= 11 is 1.97. The Balaban J connectivity index is 1.91. The number of rotatable bonds is 6. The zero-order valence-corrected chi connectivity index (χ0v) is 10.8. The highest BCUT2D eigenvalue weighted by molar-refractivity contribution is 8.00. The quantitative estimate of drug-likeness (QED) is 0.825. The van der Waals surface area contributed by atoms with Gasteiger partial charge >= 0.3 is 0 Å². The molecule has 0 saturated heterocycles. The molecule has 0 atom stereocenters. The zero-order valence-electron chi connectivity index (χ0n) is 9.99. The summed E-state index contributed by atoms with van der Waals surface area (Å²) in [5.41, 5.74) is 1.13. The minimum atomic E-state index is 0.482. The Morgan fingerprint density at radius 3 is 2.88 bits per heavy atom. The molecule has 88 valence electrons. The SMILES string of the molecule is CCCc1cc(NCC2(SC)CC2)ncn1. The van der Waals surface area contributed by atoms with Crippen LogP contribution in [0.3, 0.4) is 0 Å². The highest BCUT2D eigenvalue weighted by Crippen LogP contribution is 2.46. The third kappa shape index (κ3) is 2.88. The summed E-state index contributed by atoms with van der Waals surface area (Å²) in [4.78, 5) is 8.51. The summed E-state index contributed by atoms with van der Waals surface area (Å²) in [5.74, 6) is 0.971. The maximum absolute atomic E-state index is 4.26. The highest BCUT2D eigenvalue weighted by Gasteiger charge is 2.41. The maximum Gasteiger partial charge on any atom is 0.129 e. The number of aromatic nitrogens is 2. The molecule has 4 heteroatoms. The number of hydrogen-bond acceptors (Lipinski definition) is 4. The van der Waals surface area contributed by atoms with Crippen molar-refractivity contribution >= 4 is 17.6 Å². The second-order valence-corrected chi connectivity index (χ2v) is 5.66. The smallest absolute Gasteiger partial charge is 0.129 e. The van der Waals surface area contributed by atoms with Gasteiger partial charge in [-0.05, 0) is 25.5 Å². The molecule has 1 saturated carbocycles. The van der Waals surface area contributed by atoms with Gasteiger partial charge in [-0.2, -0.15) is 11.8 Å². The van der Waals surface area contributed by atoms with Gasteiger partial charge in [-0.1, -0.05) is 13.3 Å². The number of nitrogens with zero attached hydrogens (tertiary/aromatic N) is 2. The lowest BCUT2D eigenvalue weighted by atomic mass is 10.2. The summed E-state index contributed by atoms with van der Waals surface area (Å²) in [6.07, 6.45) is 8.67. The summed E-state index contributed by atoms with van der Waals surface area (Å²) in [6.45, 7) is 3.19. The van der Waals surface area contributed by atoms with Crippen LogP contribution in [-0.2, 0) is 6.42 Å². The molecular weight excluding hydrogens is 218 g/mol.